The molecular formula is C12H8BrN5. The number of halogens is 1. The van der Waals surface area contributed by atoms with Crippen molar-refractivity contribution in [2.75, 3.05) is 5.73 Å². The number of nitrogens with two attached hydrogens (primary N) is 1. The first kappa shape index (κ1) is 12.2. The van der Waals surface area contributed by atoms with E-state index in [9.17, 15) is 0 Å². The summed E-state index contributed by atoms with van der Waals surface area (Å²) in [6, 6.07) is 9.42. The Morgan fingerprint density at radius 2 is 2.11 bits per heavy atom. The van der Waals surface area contributed by atoms with E-state index in [1.807, 2.05) is 30.3 Å². The van der Waals surface area contributed by atoms with E-state index in [-0.39, 0.29) is 11.4 Å². The second-order valence-corrected chi connectivity index (χ2v) is 4.50. The topological polar surface area (TPSA) is 91.4 Å². The molecule has 6 heteroatoms. The molecule has 1 aromatic carbocycles. The molecular weight excluding hydrogens is 294 g/mol. The van der Waals surface area contributed by atoms with Crippen LogP contribution in [0.5, 0.6) is 0 Å². The number of benzene rings is 1. The Morgan fingerprint density at radius 3 is 2.72 bits per heavy atom. The van der Waals surface area contributed by atoms with Crippen molar-refractivity contribution in [2.24, 2.45) is 0 Å². The average Bonchev–Trinajstić information content (AvgIpc) is 2.75. The van der Waals surface area contributed by atoms with E-state index in [2.05, 4.69) is 20.9 Å². The average molecular weight is 302 g/mol. The number of anilines is 1. The molecule has 5 nitrogen and oxygen atoms in total. The lowest BCUT2D eigenvalue weighted by Crippen LogP contribution is -2.02. The van der Waals surface area contributed by atoms with Crippen molar-refractivity contribution in [1.82, 2.24) is 9.55 Å². The molecule has 1 heterocycles. The highest BCUT2D eigenvalue weighted by molar-refractivity contribution is 9.10. The third-order valence-electron chi connectivity index (χ3n) is 2.46. The first-order valence-electron chi connectivity index (χ1n) is 5.05. The van der Waals surface area contributed by atoms with Crippen LogP contribution in [0.15, 0.2) is 29.0 Å². The standard InChI is InChI=1S/C12H8BrN5/c13-9-2-1-8(3-10(9)16)6-18-7-17-11(4-14)12(18)5-15/h1-3,7H,6,16H2. The third kappa shape index (κ3) is 2.20. The van der Waals surface area contributed by atoms with Crippen LogP contribution in [-0.4, -0.2) is 9.55 Å². The quantitative estimate of drug-likeness (QED) is 0.859. The SMILES string of the molecule is N#Cc1ncn(Cc2ccc(Br)c(N)c2)c1C#N. The molecule has 0 saturated carbocycles. The van der Waals surface area contributed by atoms with Gasteiger partial charge in [-0.15, -0.1) is 0 Å². The molecule has 0 fully saturated rings. The van der Waals surface area contributed by atoms with Gasteiger partial charge in [-0.05, 0) is 33.6 Å². The molecule has 0 saturated heterocycles. The number of nitrogen functional groups attached to an aromatic ring is 1. The summed E-state index contributed by atoms with van der Waals surface area (Å²) in [4.78, 5) is 3.88. The van der Waals surface area contributed by atoms with Gasteiger partial charge in [0, 0.05) is 16.7 Å². The molecule has 0 bridgehead atoms. The second kappa shape index (κ2) is 4.91. The van der Waals surface area contributed by atoms with Gasteiger partial charge in [-0.2, -0.15) is 10.5 Å². The summed E-state index contributed by atoms with van der Waals surface area (Å²) < 4.78 is 2.46. The minimum atomic E-state index is 0.141. The van der Waals surface area contributed by atoms with Crippen molar-refractivity contribution < 1.29 is 0 Å². The van der Waals surface area contributed by atoms with Crippen LogP contribution >= 0.6 is 15.9 Å². The van der Waals surface area contributed by atoms with Gasteiger partial charge in [-0.3, -0.25) is 0 Å². The number of imidazole rings is 1. The fourth-order valence-corrected chi connectivity index (χ4v) is 1.84. The number of hydrogen-bond acceptors (Lipinski definition) is 4. The van der Waals surface area contributed by atoms with E-state index in [1.54, 1.807) is 4.57 Å². The fourth-order valence-electron chi connectivity index (χ4n) is 1.59. The van der Waals surface area contributed by atoms with Gasteiger partial charge in [0.05, 0.1) is 6.33 Å². The fraction of sp³-hybridized carbons (Fsp3) is 0.0833. The van der Waals surface area contributed by atoms with Gasteiger partial charge >= 0.3 is 0 Å². The first-order chi connectivity index (χ1) is 8.65. The van der Waals surface area contributed by atoms with Gasteiger partial charge in [-0.1, -0.05) is 6.07 Å². The summed E-state index contributed by atoms with van der Waals surface area (Å²) in [7, 11) is 0. The maximum absolute atomic E-state index is 9.00. The molecule has 2 aromatic rings. The number of aromatic nitrogens is 2. The number of rotatable bonds is 2. The molecule has 0 radical (unpaired) electrons. The summed E-state index contributed by atoms with van der Waals surface area (Å²) in [5.74, 6) is 0. The van der Waals surface area contributed by atoms with Gasteiger partial charge < -0.3 is 10.3 Å². The van der Waals surface area contributed by atoms with Crippen LogP contribution < -0.4 is 5.73 Å². The third-order valence-corrected chi connectivity index (χ3v) is 3.19. The van der Waals surface area contributed by atoms with Crippen molar-refractivity contribution in [3.8, 4) is 12.1 Å². The van der Waals surface area contributed by atoms with Crippen LogP contribution in [-0.2, 0) is 6.54 Å². The lowest BCUT2D eigenvalue weighted by molar-refractivity contribution is 0.786. The van der Waals surface area contributed by atoms with Crippen molar-refractivity contribution in [1.29, 1.82) is 10.5 Å². The lowest BCUT2D eigenvalue weighted by Gasteiger charge is -2.06. The van der Waals surface area contributed by atoms with E-state index >= 15 is 0 Å². The van der Waals surface area contributed by atoms with Gasteiger partial charge in [0.1, 0.15) is 12.1 Å². The Morgan fingerprint density at radius 1 is 1.33 bits per heavy atom. The van der Waals surface area contributed by atoms with Crippen molar-refractivity contribution in [3.05, 3.63) is 46.0 Å². The zero-order chi connectivity index (χ0) is 13.1. The second-order valence-electron chi connectivity index (χ2n) is 3.65. The smallest absolute Gasteiger partial charge is 0.176 e. The summed E-state index contributed by atoms with van der Waals surface area (Å²) in [5.41, 5.74) is 7.76. The highest BCUT2D eigenvalue weighted by Crippen LogP contribution is 2.21. The number of nitriles is 2. The zero-order valence-electron chi connectivity index (χ0n) is 9.26. The van der Waals surface area contributed by atoms with Crippen LogP contribution in [0.4, 0.5) is 5.69 Å². The normalized spacial score (nSPS) is 9.72. The largest absolute Gasteiger partial charge is 0.398 e. The van der Waals surface area contributed by atoms with Gasteiger partial charge in [0.15, 0.2) is 11.4 Å². The maximum Gasteiger partial charge on any atom is 0.176 e. The highest BCUT2D eigenvalue weighted by Gasteiger charge is 2.10. The van der Waals surface area contributed by atoms with Crippen LogP contribution in [0.2, 0.25) is 0 Å². The predicted octanol–water partition coefficient (Wildman–Crippen LogP) is 2.02. The van der Waals surface area contributed by atoms with E-state index < -0.39 is 0 Å². The molecule has 0 atom stereocenters. The Hall–Kier alpha value is -2.31. The van der Waals surface area contributed by atoms with E-state index in [0.29, 0.717) is 12.2 Å². The van der Waals surface area contributed by atoms with E-state index in [0.717, 1.165) is 10.0 Å². The van der Waals surface area contributed by atoms with Crippen LogP contribution in [0, 0.1) is 22.7 Å². The highest BCUT2D eigenvalue weighted by atomic mass is 79.9. The molecule has 2 N–H and O–H groups in total. The van der Waals surface area contributed by atoms with Gasteiger partial charge in [0.25, 0.3) is 0 Å². The molecule has 1 aromatic heterocycles. The van der Waals surface area contributed by atoms with E-state index in [4.69, 9.17) is 16.3 Å². The molecule has 0 aliphatic carbocycles. The molecule has 2 rings (SSSR count). The molecule has 0 unspecified atom stereocenters. The summed E-state index contributed by atoms with van der Waals surface area (Å²) in [5, 5.41) is 17.8. The Balaban J connectivity index is 2.35. The molecule has 0 amide bonds. The summed E-state index contributed by atoms with van der Waals surface area (Å²) >= 11 is 3.32. The van der Waals surface area contributed by atoms with Crippen molar-refractivity contribution in [3.63, 3.8) is 0 Å². The van der Waals surface area contributed by atoms with Crippen molar-refractivity contribution in [2.45, 2.75) is 6.54 Å². The Bertz CT molecular complexity index is 675. The minimum Gasteiger partial charge on any atom is -0.398 e. The van der Waals surface area contributed by atoms with Crippen LogP contribution in [0.25, 0.3) is 0 Å². The maximum atomic E-state index is 9.00. The van der Waals surface area contributed by atoms with Gasteiger partial charge in [-0.25, -0.2) is 4.98 Å². The number of hydrogen-bond donors (Lipinski definition) is 1. The molecule has 88 valence electrons. The predicted molar refractivity (Wildman–Crippen MR) is 69.3 cm³/mol. The Labute approximate surface area is 112 Å². The van der Waals surface area contributed by atoms with Crippen molar-refractivity contribution >= 4 is 21.6 Å². The van der Waals surface area contributed by atoms with Crippen LogP contribution in [0.3, 0.4) is 0 Å². The van der Waals surface area contributed by atoms with Gasteiger partial charge in [0.2, 0.25) is 0 Å². The summed E-state index contributed by atoms with van der Waals surface area (Å²) in [6.07, 6.45) is 1.48. The van der Waals surface area contributed by atoms with E-state index in [1.165, 1.54) is 6.33 Å². The molecule has 18 heavy (non-hydrogen) atoms. The van der Waals surface area contributed by atoms with Crippen LogP contribution in [0.1, 0.15) is 17.0 Å². The molecule has 0 spiro atoms. The zero-order valence-corrected chi connectivity index (χ0v) is 10.8. The summed E-state index contributed by atoms with van der Waals surface area (Å²) in [6.45, 7) is 0.453. The first-order valence-corrected chi connectivity index (χ1v) is 5.84. The lowest BCUT2D eigenvalue weighted by atomic mass is 10.2. The minimum absolute atomic E-state index is 0.141. The molecule has 0 aliphatic heterocycles. The molecule has 0 aliphatic rings. The monoisotopic (exact) mass is 301 g/mol. The Kier molecular flexibility index (Phi) is 3.31. The number of nitrogens with zero attached hydrogens (tertiary/aromatic N) is 4.